The van der Waals surface area contributed by atoms with E-state index in [0.29, 0.717) is 23.4 Å². The molecule has 0 saturated heterocycles. The molecule has 4 rings (SSSR count). The van der Waals surface area contributed by atoms with Gasteiger partial charge in [-0.15, -0.1) is 11.3 Å². The second kappa shape index (κ2) is 7.66. The lowest BCUT2D eigenvalue weighted by Crippen LogP contribution is -2.43. The Morgan fingerprint density at radius 3 is 2.45 bits per heavy atom. The number of benzene rings is 2. The minimum absolute atomic E-state index is 0.132. The number of nitrogens with one attached hydrogen (secondary N) is 1. The van der Waals surface area contributed by atoms with Crippen molar-refractivity contribution in [3.63, 3.8) is 0 Å². The first-order valence-electron chi connectivity index (χ1n) is 8.94. The van der Waals surface area contributed by atoms with Crippen molar-refractivity contribution >= 4 is 44.5 Å². The molecule has 1 aliphatic rings. The summed E-state index contributed by atoms with van der Waals surface area (Å²) in [5.74, 6) is -1.33. The summed E-state index contributed by atoms with van der Waals surface area (Å²) in [4.78, 5) is 29.1. The number of para-hydroxylation sites is 1. The summed E-state index contributed by atoms with van der Waals surface area (Å²) < 4.78 is 21.6. The fourth-order valence-electron chi connectivity index (χ4n) is 3.88. The molecule has 1 heterocycles. The summed E-state index contributed by atoms with van der Waals surface area (Å²) in [6, 6.07) is 12.7. The molecule has 0 bridgehead atoms. The highest BCUT2D eigenvalue weighted by Crippen LogP contribution is 2.40. The second-order valence-corrected chi connectivity index (χ2v) is 9.17. The Morgan fingerprint density at radius 1 is 1.14 bits per heavy atom. The van der Waals surface area contributed by atoms with Crippen LogP contribution in [-0.4, -0.2) is 30.7 Å². The maximum Gasteiger partial charge on any atom is 0.304 e. The molecular weight excluding hydrogens is 412 g/mol. The quantitative estimate of drug-likeness (QED) is 0.518. The Hall–Kier alpha value is -2.62. The predicted octanol–water partition coefficient (Wildman–Crippen LogP) is 2.75. The van der Waals surface area contributed by atoms with Gasteiger partial charge in [-0.25, -0.2) is 9.19 Å². The van der Waals surface area contributed by atoms with Crippen LogP contribution in [0.2, 0.25) is 0 Å². The van der Waals surface area contributed by atoms with Gasteiger partial charge in [-0.1, -0.05) is 30.3 Å². The van der Waals surface area contributed by atoms with Gasteiger partial charge < -0.3 is 15.0 Å². The third-order valence-electron chi connectivity index (χ3n) is 5.16. The summed E-state index contributed by atoms with van der Waals surface area (Å²) in [6.45, 7) is 0.132. The van der Waals surface area contributed by atoms with E-state index in [2.05, 4.69) is 10.3 Å². The average Bonchev–Trinajstić information content (AvgIpc) is 3.26. The number of carbonyl (C=O) groups is 2. The number of amides is 1. The first-order valence-corrected chi connectivity index (χ1v) is 10.9. The number of carboxylic acids is 1. The summed E-state index contributed by atoms with van der Waals surface area (Å²) in [6.07, 6.45) is 0.518. The molecule has 0 spiro atoms. The van der Waals surface area contributed by atoms with Crippen molar-refractivity contribution in [2.75, 3.05) is 0 Å². The van der Waals surface area contributed by atoms with Gasteiger partial charge in [0.25, 0.3) is 0 Å². The largest absolute Gasteiger partial charge is 0.481 e. The normalized spacial score (nSPS) is 15.8. The molecule has 9 heteroatoms. The number of fused-ring (bicyclic) bond motifs is 2. The number of aromatic nitrogens is 1. The summed E-state index contributed by atoms with van der Waals surface area (Å²) in [7, 11) is 0. The lowest BCUT2D eigenvalue weighted by molar-refractivity contribution is -0.145. The van der Waals surface area contributed by atoms with Crippen LogP contribution in [0.25, 0.3) is 10.2 Å². The van der Waals surface area contributed by atoms with Crippen LogP contribution in [0.15, 0.2) is 47.4 Å². The van der Waals surface area contributed by atoms with E-state index in [9.17, 15) is 23.5 Å². The lowest BCUT2D eigenvalue weighted by atomic mass is 9.80. The highest BCUT2D eigenvalue weighted by atomic mass is 32.2. The first-order chi connectivity index (χ1) is 13.9. The fourth-order valence-corrected chi connectivity index (χ4v) is 5.39. The molecule has 150 valence electrons. The van der Waals surface area contributed by atoms with Crippen molar-refractivity contribution in [2.24, 2.45) is 5.41 Å². The zero-order chi connectivity index (χ0) is 20.6. The lowest BCUT2D eigenvalue weighted by Gasteiger charge is -2.25. The number of carboxylic acid groups (broad SMARTS) is 1. The number of nitrogens with zero attached hydrogens (tertiary/aromatic N) is 1. The van der Waals surface area contributed by atoms with Gasteiger partial charge in [0.1, 0.15) is 10.5 Å². The molecule has 1 aliphatic carbocycles. The predicted molar refractivity (Wildman–Crippen MR) is 109 cm³/mol. The van der Waals surface area contributed by atoms with Gasteiger partial charge in [-0.05, 0) is 36.1 Å². The van der Waals surface area contributed by atoms with E-state index >= 15 is 0 Å². The number of thiazole rings is 1. The number of hydrogen-bond acceptors (Lipinski definition) is 5. The van der Waals surface area contributed by atoms with Crippen LogP contribution < -0.4 is 5.32 Å². The van der Waals surface area contributed by atoms with Crippen LogP contribution in [-0.2, 0) is 40.1 Å². The van der Waals surface area contributed by atoms with Gasteiger partial charge >= 0.3 is 5.97 Å². The topological polar surface area (TPSA) is 117 Å². The average molecular weight is 431 g/mol. The van der Waals surface area contributed by atoms with Gasteiger partial charge in [0, 0.05) is 0 Å². The molecule has 2 aromatic carbocycles. The molecule has 7 nitrogen and oxygen atoms in total. The zero-order valence-electron chi connectivity index (χ0n) is 15.3. The van der Waals surface area contributed by atoms with Crippen LogP contribution in [0.4, 0.5) is 0 Å². The monoisotopic (exact) mass is 430 g/mol. The van der Waals surface area contributed by atoms with Crippen molar-refractivity contribution in [3.8, 4) is 0 Å². The van der Waals surface area contributed by atoms with Crippen LogP contribution in [0.5, 0.6) is 0 Å². The van der Waals surface area contributed by atoms with Gasteiger partial charge in [-0.3, -0.25) is 9.59 Å². The van der Waals surface area contributed by atoms with Crippen LogP contribution >= 0.6 is 11.3 Å². The molecule has 1 aromatic heterocycles. The van der Waals surface area contributed by atoms with Crippen LogP contribution in [0, 0.1) is 5.41 Å². The van der Waals surface area contributed by atoms with E-state index in [1.165, 1.54) is 17.4 Å². The summed E-state index contributed by atoms with van der Waals surface area (Å²) in [5, 5.41) is 12.8. The Labute approximate surface area is 173 Å². The molecule has 0 fully saturated rings. The molecule has 0 aliphatic heterocycles. The Balaban J connectivity index is 1.55. The van der Waals surface area contributed by atoms with Crippen molar-refractivity contribution in [2.45, 2.75) is 30.7 Å². The Morgan fingerprint density at radius 2 is 1.83 bits per heavy atom. The number of rotatable bonds is 6. The smallest absolute Gasteiger partial charge is 0.304 e. The Bertz CT molecular complexity index is 1120. The third-order valence-corrected chi connectivity index (χ3v) is 6.89. The van der Waals surface area contributed by atoms with E-state index in [1.807, 2.05) is 24.3 Å². The van der Waals surface area contributed by atoms with Crippen molar-refractivity contribution in [1.82, 2.24) is 10.3 Å². The molecule has 1 atom stereocenters. The maximum absolute atomic E-state index is 13.0. The second-order valence-electron chi connectivity index (χ2n) is 7.12. The highest BCUT2D eigenvalue weighted by molar-refractivity contribution is 7.79. The molecular formula is C20H18N2O5S2. The van der Waals surface area contributed by atoms with Gasteiger partial charge in [0.15, 0.2) is 11.1 Å². The van der Waals surface area contributed by atoms with Crippen molar-refractivity contribution in [1.29, 1.82) is 0 Å². The molecule has 1 amide bonds. The molecule has 0 saturated carbocycles. The molecule has 3 aromatic rings. The molecule has 0 radical (unpaired) electrons. The van der Waals surface area contributed by atoms with E-state index in [4.69, 9.17) is 0 Å². The van der Waals surface area contributed by atoms with Gasteiger partial charge in [0.05, 0.1) is 28.0 Å². The highest BCUT2D eigenvalue weighted by Gasteiger charge is 2.45. The summed E-state index contributed by atoms with van der Waals surface area (Å²) >= 11 is -0.824. The summed E-state index contributed by atoms with van der Waals surface area (Å²) in [5.41, 5.74) is 1.42. The Kier molecular flexibility index (Phi) is 5.20. The standard InChI is InChI=1S/C20H18N2O5S2/c23-17(24)10-20(8-12-4-1-2-5-13(12)9-20)19(25)21-11-16-22-18-14(28-16)6-3-7-15(18)29(26)27/h1-7H,8-11H2,(H,21,25)(H,23,24)(H,26,27). The van der Waals surface area contributed by atoms with E-state index in [1.54, 1.807) is 12.1 Å². The van der Waals surface area contributed by atoms with E-state index in [-0.39, 0.29) is 23.8 Å². The van der Waals surface area contributed by atoms with Crippen LogP contribution in [0.1, 0.15) is 22.6 Å². The van der Waals surface area contributed by atoms with Crippen molar-refractivity contribution in [3.05, 3.63) is 58.6 Å². The fraction of sp³-hybridized carbons (Fsp3) is 0.250. The van der Waals surface area contributed by atoms with E-state index < -0.39 is 22.5 Å². The zero-order valence-corrected chi connectivity index (χ0v) is 16.9. The minimum Gasteiger partial charge on any atom is -0.481 e. The molecule has 29 heavy (non-hydrogen) atoms. The number of aliphatic carboxylic acids is 1. The molecule has 3 N–H and O–H groups in total. The van der Waals surface area contributed by atoms with Crippen molar-refractivity contribution < 1.29 is 23.5 Å². The SMILES string of the molecule is O=C(O)CC1(C(=O)NCc2nc3c(S(=O)O)cccc3s2)Cc2ccccc2C1. The molecule has 1 unspecified atom stereocenters. The number of carbonyl (C=O) groups excluding carboxylic acids is 1. The maximum atomic E-state index is 13.0. The minimum atomic E-state index is -2.15. The van der Waals surface area contributed by atoms with Gasteiger partial charge in [-0.2, -0.15) is 0 Å². The third kappa shape index (κ3) is 3.81. The first kappa shape index (κ1) is 19.7. The van der Waals surface area contributed by atoms with Gasteiger partial charge in [0.2, 0.25) is 5.91 Å². The number of hydrogen-bond donors (Lipinski definition) is 3. The van der Waals surface area contributed by atoms with E-state index in [0.717, 1.165) is 15.8 Å². The van der Waals surface area contributed by atoms with Crippen LogP contribution in [0.3, 0.4) is 0 Å².